The van der Waals surface area contributed by atoms with Gasteiger partial charge in [-0.15, -0.1) is 24.0 Å². The van der Waals surface area contributed by atoms with Crippen molar-refractivity contribution in [2.75, 3.05) is 25.0 Å². The Balaban J connectivity index is 0.00000280. The van der Waals surface area contributed by atoms with Crippen molar-refractivity contribution in [1.29, 1.82) is 0 Å². The van der Waals surface area contributed by atoms with E-state index in [0.29, 0.717) is 12.0 Å². The van der Waals surface area contributed by atoms with Crippen LogP contribution in [-0.4, -0.2) is 42.6 Å². The first-order valence-electron chi connectivity index (χ1n) is 10.2. The molecule has 1 spiro atoms. The second kappa shape index (κ2) is 10.3. The maximum atomic E-state index is 11.8. The largest absolute Gasteiger partial charge is 0.357 e. The van der Waals surface area contributed by atoms with Crippen LogP contribution in [0.3, 0.4) is 0 Å². The van der Waals surface area contributed by atoms with Crippen molar-refractivity contribution >= 4 is 41.7 Å². The minimum Gasteiger partial charge on any atom is -0.357 e. The average molecular weight is 499 g/mol. The third-order valence-electron chi connectivity index (χ3n) is 5.53. The number of likely N-dealkylation sites (tertiary alicyclic amines) is 1. The molecule has 28 heavy (non-hydrogen) atoms. The summed E-state index contributed by atoms with van der Waals surface area (Å²) in [5.41, 5.74) is 2.50. The Morgan fingerprint density at radius 1 is 1.21 bits per heavy atom. The van der Waals surface area contributed by atoms with E-state index in [9.17, 15) is 4.79 Å². The molecule has 1 aromatic rings. The van der Waals surface area contributed by atoms with Crippen molar-refractivity contribution in [3.05, 3.63) is 29.8 Å². The number of amides is 2. The number of hydrogen-bond donors (Lipinski definition) is 3. The minimum atomic E-state index is -0.177. The topological polar surface area (TPSA) is 68.8 Å². The van der Waals surface area contributed by atoms with Crippen LogP contribution in [0.15, 0.2) is 29.3 Å². The summed E-state index contributed by atoms with van der Waals surface area (Å²) < 4.78 is 0. The number of benzene rings is 1. The fourth-order valence-corrected chi connectivity index (χ4v) is 3.92. The molecule has 1 saturated carbocycles. The van der Waals surface area contributed by atoms with E-state index in [-0.39, 0.29) is 36.0 Å². The molecule has 6 nitrogen and oxygen atoms in total. The number of nitrogens with one attached hydrogen (secondary N) is 3. The number of anilines is 1. The predicted octanol–water partition coefficient (Wildman–Crippen LogP) is 4.18. The first-order valence-corrected chi connectivity index (χ1v) is 10.2. The van der Waals surface area contributed by atoms with E-state index in [0.717, 1.165) is 36.8 Å². The quantitative estimate of drug-likeness (QED) is 0.324. The van der Waals surface area contributed by atoms with Crippen LogP contribution in [0, 0.1) is 5.41 Å². The monoisotopic (exact) mass is 499 g/mol. The third-order valence-corrected chi connectivity index (χ3v) is 5.53. The molecule has 1 saturated heterocycles. The lowest BCUT2D eigenvalue weighted by Crippen LogP contribution is -2.42. The SMILES string of the molecule is CCNC(=NCc1ccc(NC(=O)NC(C)C)cc1)N1CCC2(CCC2)C1.I. The van der Waals surface area contributed by atoms with Gasteiger partial charge >= 0.3 is 6.03 Å². The van der Waals surface area contributed by atoms with E-state index in [4.69, 9.17) is 4.99 Å². The Bertz CT molecular complexity index is 670. The van der Waals surface area contributed by atoms with Gasteiger partial charge in [0, 0.05) is 31.4 Å². The lowest BCUT2D eigenvalue weighted by atomic mass is 9.68. The highest BCUT2D eigenvalue weighted by Crippen LogP contribution is 2.47. The molecule has 0 radical (unpaired) electrons. The Morgan fingerprint density at radius 2 is 1.93 bits per heavy atom. The van der Waals surface area contributed by atoms with Crippen molar-refractivity contribution in [2.45, 2.75) is 59.0 Å². The molecular weight excluding hydrogens is 465 g/mol. The smallest absolute Gasteiger partial charge is 0.319 e. The number of rotatable bonds is 5. The van der Waals surface area contributed by atoms with Gasteiger partial charge in [0.25, 0.3) is 0 Å². The highest BCUT2D eigenvalue weighted by Gasteiger charge is 2.43. The molecule has 0 bridgehead atoms. The fourth-order valence-electron chi connectivity index (χ4n) is 3.92. The van der Waals surface area contributed by atoms with E-state index >= 15 is 0 Å². The molecule has 0 atom stereocenters. The fraction of sp³-hybridized carbons (Fsp3) is 0.619. The molecule has 156 valence electrons. The van der Waals surface area contributed by atoms with Gasteiger partial charge in [-0.1, -0.05) is 18.6 Å². The van der Waals surface area contributed by atoms with Crippen LogP contribution in [0.2, 0.25) is 0 Å². The number of aliphatic imine (C=N–C) groups is 1. The van der Waals surface area contributed by atoms with E-state index < -0.39 is 0 Å². The summed E-state index contributed by atoms with van der Waals surface area (Å²) in [5.74, 6) is 1.03. The van der Waals surface area contributed by atoms with E-state index in [1.165, 1.54) is 25.7 Å². The van der Waals surface area contributed by atoms with Crippen LogP contribution < -0.4 is 16.0 Å². The van der Waals surface area contributed by atoms with Crippen LogP contribution >= 0.6 is 24.0 Å². The van der Waals surface area contributed by atoms with E-state index in [2.05, 4.69) is 27.8 Å². The zero-order valence-electron chi connectivity index (χ0n) is 17.3. The van der Waals surface area contributed by atoms with Crippen LogP contribution in [-0.2, 0) is 6.54 Å². The molecule has 7 heteroatoms. The van der Waals surface area contributed by atoms with Crippen molar-refractivity contribution in [2.24, 2.45) is 10.4 Å². The van der Waals surface area contributed by atoms with Crippen LogP contribution in [0.25, 0.3) is 0 Å². The molecule has 0 unspecified atom stereocenters. The van der Waals surface area contributed by atoms with Gasteiger partial charge in [-0.3, -0.25) is 0 Å². The number of carbonyl (C=O) groups is 1. The number of halogens is 1. The van der Waals surface area contributed by atoms with Crippen molar-refractivity contribution < 1.29 is 4.79 Å². The molecule has 1 aliphatic carbocycles. The maximum Gasteiger partial charge on any atom is 0.319 e. The lowest BCUT2D eigenvalue weighted by Gasteiger charge is -2.38. The molecule has 2 amide bonds. The number of urea groups is 1. The summed E-state index contributed by atoms with van der Waals surface area (Å²) in [5, 5.41) is 9.11. The minimum absolute atomic E-state index is 0. The highest BCUT2D eigenvalue weighted by atomic mass is 127. The summed E-state index contributed by atoms with van der Waals surface area (Å²) in [4.78, 5) is 19.0. The summed E-state index contributed by atoms with van der Waals surface area (Å²) in [6.07, 6.45) is 5.44. The standard InChI is InChI=1S/C21H33N5O.HI/c1-4-22-19(26-13-12-21(15-26)10-5-11-21)23-14-17-6-8-18(9-7-17)25-20(27)24-16(2)3;/h6-9,16H,4-5,10-15H2,1-3H3,(H,22,23)(H2,24,25,27);1H. The molecule has 1 aliphatic heterocycles. The molecule has 2 fully saturated rings. The molecule has 1 aromatic carbocycles. The predicted molar refractivity (Wildman–Crippen MR) is 126 cm³/mol. The Hall–Kier alpha value is -1.51. The van der Waals surface area contributed by atoms with Crippen molar-refractivity contribution in [3.63, 3.8) is 0 Å². The van der Waals surface area contributed by atoms with Gasteiger partial charge in [-0.05, 0) is 63.1 Å². The Labute approximate surface area is 186 Å². The number of carbonyl (C=O) groups excluding carboxylic acids is 1. The van der Waals surface area contributed by atoms with Gasteiger partial charge in [0.1, 0.15) is 0 Å². The first-order chi connectivity index (χ1) is 13.0. The molecule has 2 aliphatic rings. The van der Waals surface area contributed by atoms with Crippen LogP contribution in [0.1, 0.15) is 52.0 Å². The lowest BCUT2D eigenvalue weighted by molar-refractivity contribution is 0.151. The second-order valence-corrected chi connectivity index (χ2v) is 8.15. The van der Waals surface area contributed by atoms with Gasteiger partial charge < -0.3 is 20.9 Å². The van der Waals surface area contributed by atoms with E-state index in [1.807, 2.05) is 38.1 Å². The molecule has 3 rings (SSSR count). The highest BCUT2D eigenvalue weighted by molar-refractivity contribution is 14.0. The summed E-state index contributed by atoms with van der Waals surface area (Å²) in [7, 11) is 0. The van der Waals surface area contributed by atoms with Crippen molar-refractivity contribution in [3.8, 4) is 0 Å². The Morgan fingerprint density at radius 3 is 2.46 bits per heavy atom. The number of nitrogens with zero attached hydrogens (tertiary/aromatic N) is 2. The van der Waals surface area contributed by atoms with Gasteiger partial charge in [-0.25, -0.2) is 9.79 Å². The zero-order valence-corrected chi connectivity index (χ0v) is 19.6. The summed E-state index contributed by atoms with van der Waals surface area (Å²) in [6.45, 7) is 9.78. The molecule has 3 N–H and O–H groups in total. The van der Waals surface area contributed by atoms with E-state index in [1.54, 1.807) is 0 Å². The van der Waals surface area contributed by atoms with Gasteiger partial charge in [0.05, 0.1) is 6.54 Å². The van der Waals surface area contributed by atoms with Crippen LogP contribution in [0.4, 0.5) is 10.5 Å². The van der Waals surface area contributed by atoms with Crippen molar-refractivity contribution in [1.82, 2.24) is 15.5 Å². The Kier molecular flexibility index (Phi) is 8.39. The number of hydrogen-bond acceptors (Lipinski definition) is 2. The summed E-state index contributed by atoms with van der Waals surface area (Å²) in [6, 6.07) is 7.84. The normalized spacial score (nSPS) is 17.9. The van der Waals surface area contributed by atoms with Gasteiger partial charge in [-0.2, -0.15) is 0 Å². The second-order valence-electron chi connectivity index (χ2n) is 8.15. The third kappa shape index (κ3) is 5.99. The molecular formula is C21H34IN5O. The zero-order chi connectivity index (χ0) is 19.3. The maximum absolute atomic E-state index is 11.8. The first kappa shape index (κ1) is 22.8. The average Bonchev–Trinajstić information content (AvgIpc) is 3.05. The molecule has 1 heterocycles. The summed E-state index contributed by atoms with van der Waals surface area (Å²) >= 11 is 0. The van der Waals surface area contributed by atoms with Gasteiger partial charge in [0.2, 0.25) is 0 Å². The number of guanidine groups is 1. The van der Waals surface area contributed by atoms with Crippen LogP contribution in [0.5, 0.6) is 0 Å². The molecule has 0 aromatic heterocycles. The van der Waals surface area contributed by atoms with Gasteiger partial charge in [0.15, 0.2) is 5.96 Å².